The molecule has 0 bridgehead atoms. The van der Waals surface area contributed by atoms with Crippen molar-refractivity contribution in [2.24, 2.45) is 5.92 Å². The first kappa shape index (κ1) is 15.8. The largest absolute Gasteiger partial charge is 0.467 e. The molecule has 1 aromatic rings. The second kappa shape index (κ2) is 6.79. The number of carbonyl (C=O) groups excluding carboxylic acids is 2. The summed E-state index contributed by atoms with van der Waals surface area (Å²) >= 11 is 0. The molecule has 0 radical (unpaired) electrons. The van der Waals surface area contributed by atoms with Crippen LogP contribution in [0.1, 0.15) is 30.6 Å². The van der Waals surface area contributed by atoms with Gasteiger partial charge in [-0.25, -0.2) is 4.79 Å². The highest BCUT2D eigenvalue weighted by molar-refractivity contribution is 5.98. The zero-order valence-corrected chi connectivity index (χ0v) is 12.0. The van der Waals surface area contributed by atoms with Crippen molar-refractivity contribution in [2.45, 2.75) is 26.3 Å². The molecule has 1 rings (SSSR count). The minimum absolute atomic E-state index is 0.241. The fraction of sp³-hybridized carbons (Fsp3) is 0.429. The van der Waals surface area contributed by atoms with E-state index in [1.807, 2.05) is 13.8 Å². The zero-order valence-electron chi connectivity index (χ0n) is 12.0. The van der Waals surface area contributed by atoms with Crippen molar-refractivity contribution in [3.63, 3.8) is 0 Å². The first-order chi connectivity index (χ1) is 9.33. The van der Waals surface area contributed by atoms with Crippen molar-refractivity contribution in [3.8, 4) is 0 Å². The molecule has 1 unspecified atom stereocenters. The van der Waals surface area contributed by atoms with Crippen LogP contribution >= 0.6 is 0 Å². The van der Waals surface area contributed by atoms with Gasteiger partial charge in [0.05, 0.1) is 7.11 Å². The van der Waals surface area contributed by atoms with E-state index < -0.39 is 17.9 Å². The summed E-state index contributed by atoms with van der Waals surface area (Å²) in [7, 11) is 1.29. The molecule has 0 aliphatic rings. The van der Waals surface area contributed by atoms with E-state index in [4.69, 9.17) is 16.2 Å². The summed E-state index contributed by atoms with van der Waals surface area (Å²) in [5.74, 6) is -0.630. The number of benzene rings is 1. The number of nitrogens with two attached hydrogens (primary N) is 2. The molecule has 0 fully saturated rings. The van der Waals surface area contributed by atoms with E-state index in [1.54, 1.807) is 6.07 Å². The number of ether oxygens (including phenoxy) is 1. The van der Waals surface area contributed by atoms with Crippen LogP contribution in [0, 0.1) is 5.92 Å². The topological polar surface area (TPSA) is 107 Å². The maximum Gasteiger partial charge on any atom is 0.328 e. The lowest BCUT2D eigenvalue weighted by Crippen LogP contribution is -2.42. The van der Waals surface area contributed by atoms with Gasteiger partial charge in [0.15, 0.2) is 0 Å². The van der Waals surface area contributed by atoms with Crippen molar-refractivity contribution in [1.82, 2.24) is 5.32 Å². The van der Waals surface area contributed by atoms with Crippen LogP contribution in [0.2, 0.25) is 0 Å². The van der Waals surface area contributed by atoms with Crippen LogP contribution in [-0.4, -0.2) is 25.0 Å². The molecule has 1 atom stereocenters. The number of hydrogen-bond donors (Lipinski definition) is 3. The number of nitrogens with one attached hydrogen (secondary N) is 1. The van der Waals surface area contributed by atoms with Crippen LogP contribution in [0.5, 0.6) is 0 Å². The van der Waals surface area contributed by atoms with Crippen LogP contribution in [0.3, 0.4) is 0 Å². The van der Waals surface area contributed by atoms with Gasteiger partial charge in [0.25, 0.3) is 5.91 Å². The number of rotatable bonds is 5. The lowest BCUT2D eigenvalue weighted by molar-refractivity contribution is -0.143. The van der Waals surface area contributed by atoms with Gasteiger partial charge in [-0.05, 0) is 30.5 Å². The molecule has 0 spiro atoms. The van der Waals surface area contributed by atoms with Crippen LogP contribution in [0.15, 0.2) is 18.2 Å². The van der Waals surface area contributed by atoms with Crippen molar-refractivity contribution in [2.75, 3.05) is 18.6 Å². The molecule has 6 nitrogen and oxygen atoms in total. The quantitative estimate of drug-likeness (QED) is 0.554. The summed E-state index contributed by atoms with van der Waals surface area (Å²) in [4.78, 5) is 23.8. The molecule has 0 aliphatic carbocycles. The standard InChI is InChI=1S/C14H21N3O3/c1-8(2)4-12(14(19)20-3)17-13(18)9-5-10(15)7-11(16)6-9/h5-8,12H,4,15-16H2,1-3H3,(H,17,18). The highest BCUT2D eigenvalue weighted by Gasteiger charge is 2.23. The van der Waals surface area contributed by atoms with E-state index in [9.17, 15) is 9.59 Å². The predicted octanol–water partition coefficient (Wildman–Crippen LogP) is 1.17. The first-order valence-corrected chi connectivity index (χ1v) is 6.38. The Hall–Kier alpha value is -2.24. The third kappa shape index (κ3) is 4.46. The molecule has 1 amide bonds. The maximum absolute atomic E-state index is 12.1. The lowest BCUT2D eigenvalue weighted by Gasteiger charge is -2.18. The van der Waals surface area contributed by atoms with E-state index in [0.29, 0.717) is 23.4 Å². The predicted molar refractivity (Wildman–Crippen MR) is 78.0 cm³/mol. The lowest BCUT2D eigenvalue weighted by atomic mass is 10.0. The fourth-order valence-electron chi connectivity index (χ4n) is 1.88. The van der Waals surface area contributed by atoms with Crippen LogP contribution in [0.4, 0.5) is 11.4 Å². The van der Waals surface area contributed by atoms with E-state index >= 15 is 0 Å². The maximum atomic E-state index is 12.1. The Balaban J connectivity index is 2.87. The summed E-state index contributed by atoms with van der Waals surface area (Å²) in [6, 6.07) is 3.89. The molecule has 0 saturated carbocycles. The molecule has 0 heterocycles. The molecule has 110 valence electrons. The van der Waals surface area contributed by atoms with Crippen LogP contribution in [0.25, 0.3) is 0 Å². The van der Waals surface area contributed by atoms with Gasteiger partial charge in [-0.3, -0.25) is 4.79 Å². The number of hydrogen-bond acceptors (Lipinski definition) is 5. The van der Waals surface area contributed by atoms with Gasteiger partial charge in [-0.2, -0.15) is 0 Å². The third-order valence-corrected chi connectivity index (χ3v) is 2.74. The second-order valence-corrected chi connectivity index (χ2v) is 5.07. The van der Waals surface area contributed by atoms with Gasteiger partial charge in [0.1, 0.15) is 6.04 Å². The highest BCUT2D eigenvalue weighted by Crippen LogP contribution is 2.14. The molecule has 5 N–H and O–H groups in total. The van der Waals surface area contributed by atoms with Crippen molar-refractivity contribution in [3.05, 3.63) is 23.8 Å². The van der Waals surface area contributed by atoms with Gasteiger partial charge in [-0.1, -0.05) is 13.8 Å². The minimum Gasteiger partial charge on any atom is -0.467 e. The Labute approximate surface area is 118 Å². The van der Waals surface area contributed by atoms with Crippen LogP contribution < -0.4 is 16.8 Å². The van der Waals surface area contributed by atoms with Crippen molar-refractivity contribution >= 4 is 23.3 Å². The van der Waals surface area contributed by atoms with Crippen molar-refractivity contribution < 1.29 is 14.3 Å². The Morgan fingerprint density at radius 3 is 2.20 bits per heavy atom. The number of nitrogen functional groups attached to an aromatic ring is 2. The molecule has 0 aromatic heterocycles. The first-order valence-electron chi connectivity index (χ1n) is 6.38. The molecule has 0 aliphatic heterocycles. The van der Waals surface area contributed by atoms with E-state index in [-0.39, 0.29) is 5.92 Å². The summed E-state index contributed by atoms with van der Waals surface area (Å²) in [5.41, 5.74) is 12.4. The monoisotopic (exact) mass is 279 g/mol. The van der Waals surface area contributed by atoms with E-state index in [1.165, 1.54) is 19.2 Å². The number of amides is 1. The smallest absolute Gasteiger partial charge is 0.328 e. The average molecular weight is 279 g/mol. The van der Waals surface area contributed by atoms with Crippen molar-refractivity contribution in [1.29, 1.82) is 0 Å². The molecule has 6 heteroatoms. The summed E-state index contributed by atoms with van der Waals surface area (Å²) in [6.45, 7) is 3.92. The van der Waals surface area contributed by atoms with Gasteiger partial charge in [-0.15, -0.1) is 0 Å². The highest BCUT2D eigenvalue weighted by atomic mass is 16.5. The Morgan fingerprint density at radius 2 is 1.75 bits per heavy atom. The molecule has 0 saturated heterocycles. The Morgan fingerprint density at radius 1 is 1.20 bits per heavy atom. The van der Waals surface area contributed by atoms with E-state index in [0.717, 1.165) is 0 Å². The average Bonchev–Trinajstić information content (AvgIpc) is 2.35. The van der Waals surface area contributed by atoms with Gasteiger partial charge >= 0.3 is 5.97 Å². The van der Waals surface area contributed by atoms with Gasteiger partial charge in [0, 0.05) is 16.9 Å². The minimum atomic E-state index is -0.685. The molecule has 20 heavy (non-hydrogen) atoms. The number of methoxy groups -OCH3 is 1. The number of anilines is 2. The summed E-state index contributed by atoms with van der Waals surface area (Å²) in [6.07, 6.45) is 0.496. The summed E-state index contributed by atoms with van der Waals surface area (Å²) < 4.78 is 4.69. The molecular formula is C14H21N3O3. The SMILES string of the molecule is COC(=O)C(CC(C)C)NC(=O)c1cc(N)cc(N)c1. The Kier molecular flexibility index (Phi) is 5.37. The second-order valence-electron chi connectivity index (χ2n) is 5.07. The van der Waals surface area contributed by atoms with Crippen LogP contribution in [-0.2, 0) is 9.53 Å². The van der Waals surface area contributed by atoms with Gasteiger partial charge < -0.3 is 21.5 Å². The van der Waals surface area contributed by atoms with E-state index in [2.05, 4.69) is 5.32 Å². The zero-order chi connectivity index (χ0) is 15.3. The Bertz CT molecular complexity index is 480. The van der Waals surface area contributed by atoms with Gasteiger partial charge in [0.2, 0.25) is 0 Å². The third-order valence-electron chi connectivity index (χ3n) is 2.74. The molecule has 1 aromatic carbocycles. The molecular weight excluding hydrogens is 258 g/mol. The number of esters is 1. The fourth-order valence-corrected chi connectivity index (χ4v) is 1.88. The number of carbonyl (C=O) groups is 2. The normalized spacial score (nSPS) is 12.0. The summed E-state index contributed by atoms with van der Waals surface area (Å²) in [5, 5.41) is 2.65.